The van der Waals surface area contributed by atoms with E-state index in [-0.39, 0.29) is 17.8 Å². The van der Waals surface area contributed by atoms with Crippen molar-refractivity contribution in [1.82, 2.24) is 19.9 Å². The zero-order chi connectivity index (χ0) is 26.4. The molecule has 1 unspecified atom stereocenters. The Labute approximate surface area is 213 Å². The Kier molecular flexibility index (Phi) is 6.40. The van der Waals surface area contributed by atoms with Gasteiger partial charge in [0.25, 0.3) is 0 Å². The third-order valence-corrected chi connectivity index (χ3v) is 8.20. The number of aliphatic carboxylic acids is 1. The van der Waals surface area contributed by atoms with Gasteiger partial charge in [-0.05, 0) is 62.8 Å². The fourth-order valence-electron chi connectivity index (χ4n) is 4.86. The number of fused-ring (bicyclic) bond motifs is 1. The number of carboxylic acid groups (broad SMARTS) is 1. The highest BCUT2D eigenvalue weighted by Gasteiger charge is 2.40. The molecular weight excluding hydrogens is 507 g/mol. The van der Waals surface area contributed by atoms with E-state index in [1.165, 1.54) is 11.3 Å². The van der Waals surface area contributed by atoms with Gasteiger partial charge in [-0.3, -0.25) is 4.79 Å². The summed E-state index contributed by atoms with van der Waals surface area (Å²) in [6.07, 6.45) is 2.12. The van der Waals surface area contributed by atoms with Gasteiger partial charge in [-0.1, -0.05) is 0 Å². The van der Waals surface area contributed by atoms with Crippen LogP contribution < -0.4 is 5.32 Å². The molecule has 5 rings (SSSR count). The second kappa shape index (κ2) is 9.42. The molecule has 1 aliphatic rings. The molecule has 1 fully saturated rings. The van der Waals surface area contributed by atoms with Gasteiger partial charge < -0.3 is 20.5 Å². The van der Waals surface area contributed by atoms with E-state index in [1.54, 1.807) is 31.5 Å². The fraction of sp³-hybridized carbons (Fsp3) is 0.360. The van der Waals surface area contributed by atoms with Gasteiger partial charge in [0.05, 0.1) is 10.8 Å². The third kappa shape index (κ3) is 5.03. The normalized spacial score (nSPS) is 20.0. The molecule has 12 heteroatoms. The van der Waals surface area contributed by atoms with Crippen LogP contribution in [0.3, 0.4) is 0 Å². The maximum atomic E-state index is 13.1. The highest BCUT2D eigenvalue weighted by Crippen LogP contribution is 2.44. The number of hydrogen-bond donors (Lipinski definition) is 4. The number of aromatic amines is 1. The number of aromatic nitrogens is 4. The molecule has 1 atom stereocenters. The van der Waals surface area contributed by atoms with Gasteiger partial charge >= 0.3 is 12.1 Å². The average molecular weight is 532 g/mol. The lowest BCUT2D eigenvalue weighted by Gasteiger charge is -2.35. The molecule has 1 aromatic carbocycles. The van der Waals surface area contributed by atoms with Gasteiger partial charge in [0.2, 0.25) is 5.95 Å². The summed E-state index contributed by atoms with van der Waals surface area (Å²) < 4.78 is 39.2. The Morgan fingerprint density at radius 3 is 2.62 bits per heavy atom. The molecule has 0 amide bonds. The van der Waals surface area contributed by atoms with Crippen molar-refractivity contribution in [2.24, 2.45) is 11.8 Å². The van der Waals surface area contributed by atoms with Crippen molar-refractivity contribution in [2.75, 3.05) is 5.32 Å². The van der Waals surface area contributed by atoms with E-state index in [1.807, 2.05) is 6.07 Å². The molecule has 8 nitrogen and oxygen atoms in total. The lowest BCUT2D eigenvalue weighted by atomic mass is 9.74. The van der Waals surface area contributed by atoms with Crippen LogP contribution in [0.5, 0.6) is 0 Å². The van der Waals surface area contributed by atoms with Crippen LogP contribution in [0.2, 0.25) is 0 Å². The lowest BCUT2D eigenvalue weighted by Crippen LogP contribution is -2.35. The van der Waals surface area contributed by atoms with Crippen molar-refractivity contribution < 1.29 is 28.2 Å². The summed E-state index contributed by atoms with van der Waals surface area (Å²) in [7, 11) is 0. The Morgan fingerprint density at radius 2 is 1.92 bits per heavy atom. The number of H-pyrrole nitrogens is 1. The average Bonchev–Trinajstić information content (AvgIpc) is 3.54. The number of hydrogen-bond acceptors (Lipinski definition) is 7. The second-order valence-electron chi connectivity index (χ2n) is 9.41. The van der Waals surface area contributed by atoms with Crippen LogP contribution >= 0.6 is 11.3 Å². The van der Waals surface area contributed by atoms with E-state index in [0.29, 0.717) is 36.4 Å². The maximum Gasteiger partial charge on any atom is 0.433 e. The number of nitrogens with one attached hydrogen (secondary N) is 2. The number of halogens is 3. The number of carbonyl (C=O) groups is 1. The van der Waals surface area contributed by atoms with Crippen molar-refractivity contribution in [2.45, 2.75) is 44.4 Å². The molecule has 0 spiro atoms. The first-order valence-corrected chi connectivity index (χ1v) is 12.5. The number of benzene rings is 1. The first-order chi connectivity index (χ1) is 17.5. The van der Waals surface area contributed by atoms with Gasteiger partial charge in [0.1, 0.15) is 16.3 Å². The molecule has 4 aromatic rings. The number of nitrogens with zero attached hydrogens (tertiary/aromatic N) is 3. The molecule has 0 saturated heterocycles. The molecular formula is C25H24F3N5O3S. The molecule has 37 heavy (non-hydrogen) atoms. The van der Waals surface area contributed by atoms with E-state index in [0.717, 1.165) is 33.6 Å². The van der Waals surface area contributed by atoms with Gasteiger partial charge in [-0.25, -0.2) is 15.0 Å². The number of rotatable bonds is 6. The smallest absolute Gasteiger partial charge is 0.433 e. The Hall–Kier alpha value is -3.51. The van der Waals surface area contributed by atoms with E-state index >= 15 is 0 Å². The summed E-state index contributed by atoms with van der Waals surface area (Å²) in [6.45, 7) is 1.72. The predicted octanol–water partition coefficient (Wildman–Crippen LogP) is 5.94. The molecule has 4 N–H and O–H groups in total. The summed E-state index contributed by atoms with van der Waals surface area (Å²) >= 11 is 1.33. The molecule has 0 aliphatic heterocycles. The molecule has 3 aromatic heterocycles. The van der Waals surface area contributed by atoms with Crippen LogP contribution in [0.4, 0.5) is 24.8 Å². The van der Waals surface area contributed by atoms with E-state index < -0.39 is 23.4 Å². The number of thiazole rings is 1. The number of anilines is 2. The Bertz CT molecular complexity index is 1440. The first-order valence-electron chi connectivity index (χ1n) is 11.7. The largest absolute Gasteiger partial charge is 0.481 e. The van der Waals surface area contributed by atoms with Crippen molar-refractivity contribution in [3.05, 3.63) is 53.6 Å². The van der Waals surface area contributed by atoms with Gasteiger partial charge in [0.15, 0.2) is 0 Å². The second-order valence-corrected chi connectivity index (χ2v) is 10.4. The minimum absolute atomic E-state index is 0.111. The first kappa shape index (κ1) is 25.2. The fourth-order valence-corrected chi connectivity index (χ4v) is 5.93. The van der Waals surface area contributed by atoms with Crippen LogP contribution in [-0.4, -0.2) is 36.1 Å². The van der Waals surface area contributed by atoms with Gasteiger partial charge in [-0.2, -0.15) is 13.2 Å². The Morgan fingerprint density at radius 1 is 1.16 bits per heavy atom. The monoisotopic (exact) mass is 531 g/mol. The number of aliphatic hydroxyl groups is 1. The predicted molar refractivity (Wildman–Crippen MR) is 132 cm³/mol. The summed E-state index contributed by atoms with van der Waals surface area (Å²) in [5.74, 6) is -1.47. The van der Waals surface area contributed by atoms with Gasteiger partial charge in [-0.15, -0.1) is 11.3 Å². The van der Waals surface area contributed by atoms with Crippen LogP contribution in [-0.2, 0) is 16.6 Å². The summed E-state index contributed by atoms with van der Waals surface area (Å²) in [5.41, 5.74) is -0.246. The zero-order valence-corrected chi connectivity index (χ0v) is 20.5. The van der Waals surface area contributed by atoms with Crippen molar-refractivity contribution in [3.8, 4) is 10.4 Å². The molecule has 3 heterocycles. The zero-order valence-electron chi connectivity index (χ0n) is 19.7. The standard InChI is InChI=1S/C25H24F3N5O3S/c1-24(36,14-4-2-13(3-5-14)21(34)35)22-31-12-19(37-22)17-10-15(11-18-16(17)6-8-29-18)32-23-30-9-7-20(33-23)25(26,27)28/h6-14,29,36H,2-5H2,1H3,(H,34,35)(H,30,32,33)/t13-,14-,24?. The van der Waals surface area contributed by atoms with Crippen molar-refractivity contribution in [3.63, 3.8) is 0 Å². The molecule has 0 bridgehead atoms. The maximum absolute atomic E-state index is 13.1. The minimum Gasteiger partial charge on any atom is -0.481 e. The Balaban J connectivity index is 1.43. The summed E-state index contributed by atoms with van der Waals surface area (Å²) in [4.78, 5) is 27.2. The van der Waals surface area contributed by atoms with Gasteiger partial charge in [0, 0.05) is 40.7 Å². The van der Waals surface area contributed by atoms with Crippen LogP contribution in [0, 0.1) is 11.8 Å². The van der Waals surface area contributed by atoms with Crippen LogP contribution in [0.25, 0.3) is 21.3 Å². The third-order valence-electron chi connectivity index (χ3n) is 6.95. The molecule has 1 saturated carbocycles. The highest BCUT2D eigenvalue weighted by molar-refractivity contribution is 7.15. The summed E-state index contributed by atoms with van der Waals surface area (Å²) in [5, 5.41) is 24.9. The van der Waals surface area contributed by atoms with E-state index in [4.69, 9.17) is 0 Å². The van der Waals surface area contributed by atoms with E-state index in [9.17, 15) is 28.2 Å². The molecule has 194 valence electrons. The van der Waals surface area contributed by atoms with E-state index in [2.05, 4.69) is 25.3 Å². The topological polar surface area (TPSA) is 124 Å². The lowest BCUT2D eigenvalue weighted by molar-refractivity contribution is -0.144. The van der Waals surface area contributed by atoms with Crippen molar-refractivity contribution in [1.29, 1.82) is 0 Å². The SMILES string of the molecule is CC(O)(c1ncc(-c2cc(Nc3nccc(C(F)(F)F)n3)cc3[nH]ccc23)s1)[C@H]1CC[C@H](C(=O)O)CC1. The summed E-state index contributed by atoms with van der Waals surface area (Å²) in [6, 6.07) is 6.23. The minimum atomic E-state index is -4.59. The molecule has 0 radical (unpaired) electrons. The highest BCUT2D eigenvalue weighted by atomic mass is 32.1. The molecule has 1 aliphatic carbocycles. The van der Waals surface area contributed by atoms with Crippen molar-refractivity contribution >= 4 is 39.8 Å². The quantitative estimate of drug-likeness (QED) is 0.243. The van der Waals surface area contributed by atoms with Crippen LogP contribution in [0.15, 0.2) is 42.9 Å². The number of carboxylic acids is 1. The number of alkyl halides is 3. The van der Waals surface area contributed by atoms with Crippen LogP contribution in [0.1, 0.15) is 43.3 Å².